The third-order valence-electron chi connectivity index (χ3n) is 7.78. The molecule has 3 aromatic carbocycles. The van der Waals surface area contributed by atoms with Crippen LogP contribution >= 0.6 is 0 Å². The number of ether oxygens (including phenoxy) is 3. The maximum atomic E-state index is 14.8. The minimum absolute atomic E-state index is 0.0370. The van der Waals surface area contributed by atoms with Crippen LogP contribution in [0.2, 0.25) is 0 Å². The van der Waals surface area contributed by atoms with Gasteiger partial charge < -0.3 is 19.3 Å². The van der Waals surface area contributed by atoms with Gasteiger partial charge in [-0.15, -0.1) is 0 Å². The zero-order chi connectivity index (χ0) is 24.9. The Morgan fingerprint density at radius 1 is 1.03 bits per heavy atom. The molecule has 0 spiro atoms. The molecule has 6 nitrogen and oxygen atoms in total. The van der Waals surface area contributed by atoms with Crippen molar-refractivity contribution in [3.63, 3.8) is 0 Å². The quantitative estimate of drug-likeness (QED) is 0.568. The molecule has 2 fully saturated rings. The molecule has 0 saturated carbocycles. The summed E-state index contributed by atoms with van der Waals surface area (Å²) in [6.07, 6.45) is -0.126. The van der Waals surface area contributed by atoms with Gasteiger partial charge in [-0.05, 0) is 40.5 Å². The van der Waals surface area contributed by atoms with Gasteiger partial charge >= 0.3 is 6.09 Å². The predicted octanol–water partition coefficient (Wildman–Crippen LogP) is 4.83. The Bertz CT molecular complexity index is 1250. The third kappa shape index (κ3) is 3.74. The molecule has 2 bridgehead atoms. The molecule has 2 saturated heterocycles. The van der Waals surface area contributed by atoms with Crippen LogP contribution in [0.25, 0.3) is 11.1 Å². The highest BCUT2D eigenvalue weighted by Crippen LogP contribution is 2.46. The molecule has 2 heterocycles. The number of fused-ring (bicyclic) bond motifs is 5. The summed E-state index contributed by atoms with van der Waals surface area (Å²) in [4.78, 5) is 15.1. The van der Waals surface area contributed by atoms with E-state index in [0.29, 0.717) is 5.75 Å². The number of methoxy groups -OCH3 is 1. The summed E-state index contributed by atoms with van der Waals surface area (Å²) in [5.74, 6) is -0.0582. The van der Waals surface area contributed by atoms with E-state index in [1.54, 1.807) is 4.90 Å². The average Bonchev–Trinajstić information content (AvgIpc) is 3.20. The minimum atomic E-state index is -1.43. The number of hydrogen-bond donors (Lipinski definition) is 1. The molecule has 36 heavy (non-hydrogen) atoms. The molecule has 2 aliphatic heterocycles. The van der Waals surface area contributed by atoms with Gasteiger partial charge in [0.15, 0.2) is 0 Å². The monoisotopic (exact) mass is 489 g/mol. The van der Waals surface area contributed by atoms with Gasteiger partial charge in [-0.3, -0.25) is 4.90 Å². The predicted molar refractivity (Wildman–Crippen MR) is 131 cm³/mol. The van der Waals surface area contributed by atoms with E-state index in [1.165, 1.54) is 36.4 Å². The number of nitrogens with zero attached hydrogens (tertiary/aromatic N) is 1. The molecule has 0 aromatic heterocycles. The zero-order valence-corrected chi connectivity index (χ0v) is 20.0. The fourth-order valence-electron chi connectivity index (χ4n) is 6.15. The normalized spacial score (nSPS) is 24.7. The largest absolute Gasteiger partial charge is 0.497 e. The molecule has 2 atom stereocenters. The van der Waals surface area contributed by atoms with Gasteiger partial charge in [-0.1, -0.05) is 48.5 Å². The maximum Gasteiger partial charge on any atom is 0.410 e. The van der Waals surface area contributed by atoms with E-state index < -0.39 is 29.6 Å². The highest BCUT2D eigenvalue weighted by Gasteiger charge is 2.50. The van der Waals surface area contributed by atoms with Crippen molar-refractivity contribution in [2.24, 2.45) is 0 Å². The molecule has 2 unspecified atom stereocenters. The van der Waals surface area contributed by atoms with Crippen LogP contribution in [0.3, 0.4) is 0 Å². The standard InChI is InChI=1S/C29H28FNO5/c1-34-20-10-11-27(30)26(12-20)29(33)13-18-15-35-16-19(14-29)31(18)28(32)36-17-25-23-8-4-2-6-21(23)22-7-3-5-9-24(22)25/h2-12,18-19,25,33H,13-17H2,1H3. The van der Waals surface area contributed by atoms with E-state index in [1.807, 2.05) is 24.3 Å². The summed E-state index contributed by atoms with van der Waals surface area (Å²) < 4.78 is 31.6. The Morgan fingerprint density at radius 2 is 1.64 bits per heavy atom. The van der Waals surface area contributed by atoms with Crippen LogP contribution in [0.4, 0.5) is 9.18 Å². The van der Waals surface area contributed by atoms with E-state index in [0.717, 1.165) is 11.1 Å². The number of rotatable bonds is 4. The fraction of sp³-hybridized carbons (Fsp3) is 0.345. The van der Waals surface area contributed by atoms with E-state index >= 15 is 0 Å². The molecule has 6 rings (SSSR count). The Kier molecular flexibility index (Phi) is 5.69. The molecule has 1 amide bonds. The highest BCUT2D eigenvalue weighted by atomic mass is 19.1. The van der Waals surface area contributed by atoms with Gasteiger partial charge in [0.25, 0.3) is 0 Å². The molecular weight excluding hydrogens is 461 g/mol. The van der Waals surface area contributed by atoms with Crippen molar-refractivity contribution in [3.05, 3.63) is 89.2 Å². The summed E-state index contributed by atoms with van der Waals surface area (Å²) in [5.41, 5.74) is 3.39. The van der Waals surface area contributed by atoms with Crippen molar-refractivity contribution in [1.82, 2.24) is 4.90 Å². The highest BCUT2D eigenvalue weighted by molar-refractivity contribution is 5.79. The molecule has 3 aromatic rings. The molecular formula is C29H28FNO5. The van der Waals surface area contributed by atoms with E-state index in [2.05, 4.69) is 24.3 Å². The SMILES string of the molecule is COc1ccc(F)c(C2(O)CC3COCC(C2)N3C(=O)OCC2c3ccccc3-c3ccccc32)c1. The van der Waals surface area contributed by atoms with Gasteiger partial charge in [-0.2, -0.15) is 0 Å². The number of benzene rings is 3. The number of piperidine rings is 1. The number of morpholine rings is 1. The second-order valence-electron chi connectivity index (χ2n) is 9.84. The first-order valence-corrected chi connectivity index (χ1v) is 12.3. The number of hydrogen-bond acceptors (Lipinski definition) is 5. The smallest absolute Gasteiger partial charge is 0.410 e. The first kappa shape index (κ1) is 23.0. The Morgan fingerprint density at radius 3 is 2.25 bits per heavy atom. The zero-order valence-electron chi connectivity index (χ0n) is 20.0. The van der Waals surface area contributed by atoms with Crippen molar-refractivity contribution >= 4 is 6.09 Å². The molecule has 1 N–H and O–H groups in total. The first-order valence-electron chi connectivity index (χ1n) is 12.3. The van der Waals surface area contributed by atoms with Gasteiger partial charge in [0, 0.05) is 24.3 Å². The fourth-order valence-corrected chi connectivity index (χ4v) is 6.15. The molecule has 7 heteroatoms. The van der Waals surface area contributed by atoms with Crippen LogP contribution in [0.1, 0.15) is 35.4 Å². The summed E-state index contributed by atoms with van der Waals surface area (Å²) in [6, 6.07) is 19.9. The second-order valence-corrected chi connectivity index (χ2v) is 9.84. The summed E-state index contributed by atoms with van der Waals surface area (Å²) >= 11 is 0. The molecule has 0 radical (unpaired) electrons. The van der Waals surface area contributed by atoms with Crippen LogP contribution in [0, 0.1) is 5.82 Å². The number of carbonyl (C=O) groups is 1. The topological polar surface area (TPSA) is 68.2 Å². The lowest BCUT2D eigenvalue weighted by atomic mass is 9.76. The van der Waals surface area contributed by atoms with Crippen LogP contribution in [-0.2, 0) is 15.1 Å². The lowest BCUT2D eigenvalue weighted by molar-refractivity contribution is -0.137. The summed E-state index contributed by atoms with van der Waals surface area (Å²) in [6.45, 7) is 0.738. The van der Waals surface area contributed by atoms with Crippen molar-refractivity contribution in [2.45, 2.75) is 36.4 Å². The van der Waals surface area contributed by atoms with E-state index in [9.17, 15) is 14.3 Å². The number of aliphatic hydroxyl groups is 1. The Hall–Kier alpha value is -3.42. The van der Waals surface area contributed by atoms with Gasteiger partial charge in [0.2, 0.25) is 0 Å². The van der Waals surface area contributed by atoms with Crippen molar-refractivity contribution < 1.29 is 28.5 Å². The first-order chi connectivity index (χ1) is 17.5. The lowest BCUT2D eigenvalue weighted by Crippen LogP contribution is -2.62. The summed E-state index contributed by atoms with van der Waals surface area (Å²) in [5, 5.41) is 11.5. The molecule has 1 aliphatic carbocycles. The van der Waals surface area contributed by atoms with E-state index in [-0.39, 0.29) is 44.1 Å². The number of amides is 1. The lowest BCUT2D eigenvalue weighted by Gasteiger charge is -2.51. The second kappa shape index (κ2) is 8.91. The van der Waals surface area contributed by atoms with Crippen LogP contribution in [0.15, 0.2) is 66.7 Å². The van der Waals surface area contributed by atoms with Gasteiger partial charge in [-0.25, -0.2) is 9.18 Å². The Labute approximate surface area is 209 Å². The number of halogens is 1. The average molecular weight is 490 g/mol. The van der Waals surface area contributed by atoms with Gasteiger partial charge in [0.05, 0.1) is 38.0 Å². The third-order valence-corrected chi connectivity index (χ3v) is 7.78. The number of carbonyl (C=O) groups excluding carboxylic acids is 1. The molecule has 186 valence electrons. The Balaban J connectivity index is 1.21. The maximum absolute atomic E-state index is 14.8. The van der Waals surface area contributed by atoms with Crippen molar-refractivity contribution in [2.75, 3.05) is 26.9 Å². The van der Waals surface area contributed by atoms with Gasteiger partial charge in [0.1, 0.15) is 18.2 Å². The van der Waals surface area contributed by atoms with Crippen LogP contribution < -0.4 is 4.74 Å². The minimum Gasteiger partial charge on any atom is -0.497 e. The van der Waals surface area contributed by atoms with E-state index in [4.69, 9.17) is 14.2 Å². The molecule has 3 aliphatic rings. The van der Waals surface area contributed by atoms with Crippen molar-refractivity contribution in [1.29, 1.82) is 0 Å². The van der Waals surface area contributed by atoms with Crippen LogP contribution in [-0.4, -0.2) is 55.1 Å². The van der Waals surface area contributed by atoms with Crippen LogP contribution in [0.5, 0.6) is 5.75 Å². The summed E-state index contributed by atoms with van der Waals surface area (Å²) in [7, 11) is 1.50. The van der Waals surface area contributed by atoms with Crippen molar-refractivity contribution in [3.8, 4) is 16.9 Å².